The minimum atomic E-state index is -0.373. The lowest BCUT2D eigenvalue weighted by atomic mass is 10.2. The molecule has 6 heteroatoms. The number of amides is 1. The third-order valence-corrected chi connectivity index (χ3v) is 4.08. The zero-order valence-electron chi connectivity index (χ0n) is 11.2. The van der Waals surface area contributed by atoms with Crippen LogP contribution < -0.4 is 4.74 Å². The van der Waals surface area contributed by atoms with E-state index < -0.39 is 0 Å². The van der Waals surface area contributed by atoms with Crippen molar-refractivity contribution in [1.82, 2.24) is 9.88 Å². The second-order valence-electron chi connectivity index (χ2n) is 4.11. The molecule has 2 rings (SSSR count). The Labute approximate surface area is 136 Å². The summed E-state index contributed by atoms with van der Waals surface area (Å²) >= 11 is 8.29. The topological polar surface area (TPSA) is 42.4 Å². The molecule has 0 saturated carbocycles. The van der Waals surface area contributed by atoms with Gasteiger partial charge in [-0.2, -0.15) is 0 Å². The lowest BCUT2D eigenvalue weighted by Gasteiger charge is -2.19. The van der Waals surface area contributed by atoms with Gasteiger partial charge in [-0.05, 0) is 54.6 Å². The number of ether oxygens (including phenoxy) is 1. The maximum Gasteiger partial charge on any atom is 0.415 e. The normalized spacial score (nSPS) is 10.6. The van der Waals surface area contributed by atoms with E-state index in [0.29, 0.717) is 29.4 Å². The SMILES string of the molecule is CCN(CC)C(=O)Oc1c(I)cc(Cl)c2cccnc12. The van der Waals surface area contributed by atoms with Crippen LogP contribution in [0, 0.1) is 3.57 Å². The molecule has 2 aromatic rings. The molecule has 0 radical (unpaired) electrons. The van der Waals surface area contributed by atoms with E-state index in [1.165, 1.54) is 0 Å². The van der Waals surface area contributed by atoms with Crippen LogP contribution in [0.2, 0.25) is 5.02 Å². The van der Waals surface area contributed by atoms with Crippen molar-refractivity contribution in [1.29, 1.82) is 0 Å². The van der Waals surface area contributed by atoms with Gasteiger partial charge < -0.3 is 9.64 Å². The van der Waals surface area contributed by atoms with Gasteiger partial charge in [0.15, 0.2) is 5.75 Å². The van der Waals surface area contributed by atoms with E-state index in [4.69, 9.17) is 16.3 Å². The van der Waals surface area contributed by atoms with Crippen LogP contribution in [0.4, 0.5) is 4.79 Å². The van der Waals surface area contributed by atoms with Crippen LogP contribution in [-0.2, 0) is 0 Å². The number of pyridine rings is 1. The number of fused-ring (bicyclic) bond motifs is 1. The first-order chi connectivity index (χ1) is 9.58. The van der Waals surface area contributed by atoms with Crippen molar-refractivity contribution >= 4 is 51.2 Å². The van der Waals surface area contributed by atoms with Crippen molar-refractivity contribution in [2.75, 3.05) is 13.1 Å². The molecule has 0 unspecified atom stereocenters. The highest BCUT2D eigenvalue weighted by Gasteiger charge is 2.18. The monoisotopic (exact) mass is 404 g/mol. The second kappa shape index (κ2) is 6.58. The molecule has 0 aliphatic carbocycles. The van der Waals surface area contributed by atoms with E-state index in [-0.39, 0.29) is 6.09 Å². The van der Waals surface area contributed by atoms with Gasteiger partial charge in [-0.3, -0.25) is 4.98 Å². The molecular formula is C14H14ClIN2O2. The summed E-state index contributed by atoms with van der Waals surface area (Å²) in [6.07, 6.45) is 1.28. The number of hydrogen-bond acceptors (Lipinski definition) is 3. The Morgan fingerprint density at radius 2 is 2.15 bits per heavy atom. The van der Waals surface area contributed by atoms with E-state index in [1.807, 2.05) is 19.9 Å². The molecular weight excluding hydrogens is 391 g/mol. The number of aromatic nitrogens is 1. The van der Waals surface area contributed by atoms with Crippen molar-refractivity contribution < 1.29 is 9.53 Å². The van der Waals surface area contributed by atoms with Crippen LogP contribution in [0.1, 0.15) is 13.8 Å². The third kappa shape index (κ3) is 2.98. The minimum absolute atomic E-state index is 0.373. The molecule has 0 bridgehead atoms. The van der Waals surface area contributed by atoms with Crippen LogP contribution in [0.5, 0.6) is 5.75 Å². The number of carbonyl (C=O) groups is 1. The summed E-state index contributed by atoms with van der Waals surface area (Å²) in [6.45, 7) is 5.03. The molecule has 0 aliphatic rings. The molecule has 1 amide bonds. The number of benzene rings is 1. The summed E-state index contributed by atoms with van der Waals surface area (Å²) in [5.74, 6) is 0.461. The third-order valence-electron chi connectivity index (χ3n) is 2.96. The average molecular weight is 405 g/mol. The summed E-state index contributed by atoms with van der Waals surface area (Å²) in [4.78, 5) is 18.0. The number of nitrogens with zero attached hydrogens (tertiary/aromatic N) is 2. The standard InChI is InChI=1S/C14H14ClIN2O2/c1-3-18(4-2)14(19)20-13-11(16)8-10(15)9-6-5-7-17-12(9)13/h5-8H,3-4H2,1-2H3. The van der Waals surface area contributed by atoms with Gasteiger partial charge in [-0.1, -0.05) is 11.6 Å². The van der Waals surface area contributed by atoms with Crippen LogP contribution >= 0.6 is 34.2 Å². The van der Waals surface area contributed by atoms with Gasteiger partial charge in [0.25, 0.3) is 0 Å². The average Bonchev–Trinajstić information content (AvgIpc) is 2.45. The minimum Gasteiger partial charge on any atom is -0.407 e. The first kappa shape index (κ1) is 15.3. The summed E-state index contributed by atoms with van der Waals surface area (Å²) < 4.78 is 6.28. The molecule has 0 N–H and O–H groups in total. The smallest absolute Gasteiger partial charge is 0.407 e. The van der Waals surface area contributed by atoms with Gasteiger partial charge in [-0.15, -0.1) is 0 Å². The summed E-state index contributed by atoms with van der Waals surface area (Å²) in [7, 11) is 0. The fraction of sp³-hybridized carbons (Fsp3) is 0.286. The quantitative estimate of drug-likeness (QED) is 0.715. The van der Waals surface area contributed by atoms with Crippen molar-refractivity contribution in [2.45, 2.75) is 13.8 Å². The van der Waals surface area contributed by atoms with Crippen LogP contribution in [0.3, 0.4) is 0 Å². The fourth-order valence-corrected chi connectivity index (χ4v) is 3.00. The number of halogens is 2. The first-order valence-corrected chi connectivity index (χ1v) is 7.73. The Kier molecular flexibility index (Phi) is 5.04. The Balaban J connectivity index is 2.47. The van der Waals surface area contributed by atoms with Gasteiger partial charge in [0.05, 0.1) is 8.59 Å². The fourth-order valence-electron chi connectivity index (χ4n) is 1.88. The molecule has 0 atom stereocenters. The van der Waals surface area contributed by atoms with Gasteiger partial charge in [0.2, 0.25) is 0 Å². The molecule has 1 aromatic heterocycles. The van der Waals surface area contributed by atoms with E-state index in [2.05, 4.69) is 27.6 Å². The summed E-state index contributed by atoms with van der Waals surface area (Å²) in [6, 6.07) is 5.43. The number of hydrogen-bond donors (Lipinski definition) is 0. The van der Waals surface area contributed by atoms with Crippen molar-refractivity contribution in [2.24, 2.45) is 0 Å². The van der Waals surface area contributed by atoms with E-state index in [9.17, 15) is 4.79 Å². The van der Waals surface area contributed by atoms with Crippen molar-refractivity contribution in [3.63, 3.8) is 0 Å². The van der Waals surface area contributed by atoms with Crippen molar-refractivity contribution in [3.05, 3.63) is 33.0 Å². The zero-order chi connectivity index (χ0) is 14.7. The van der Waals surface area contributed by atoms with E-state index >= 15 is 0 Å². The van der Waals surface area contributed by atoms with Gasteiger partial charge in [-0.25, -0.2) is 4.79 Å². The molecule has 0 fully saturated rings. The Hall–Kier alpha value is -1.08. The number of rotatable bonds is 3. The van der Waals surface area contributed by atoms with Gasteiger partial charge >= 0.3 is 6.09 Å². The van der Waals surface area contributed by atoms with E-state index in [0.717, 1.165) is 8.96 Å². The van der Waals surface area contributed by atoms with Crippen LogP contribution in [0.25, 0.3) is 10.9 Å². The Bertz CT molecular complexity index is 644. The molecule has 1 heterocycles. The van der Waals surface area contributed by atoms with Gasteiger partial charge in [0.1, 0.15) is 5.52 Å². The largest absolute Gasteiger partial charge is 0.415 e. The molecule has 4 nitrogen and oxygen atoms in total. The molecule has 106 valence electrons. The molecule has 0 spiro atoms. The zero-order valence-corrected chi connectivity index (χ0v) is 14.1. The molecule has 0 saturated heterocycles. The molecule has 1 aromatic carbocycles. The second-order valence-corrected chi connectivity index (χ2v) is 5.68. The molecule has 20 heavy (non-hydrogen) atoms. The maximum atomic E-state index is 12.1. The van der Waals surface area contributed by atoms with Crippen LogP contribution in [-0.4, -0.2) is 29.1 Å². The first-order valence-electron chi connectivity index (χ1n) is 6.28. The molecule has 0 aliphatic heterocycles. The van der Waals surface area contributed by atoms with Crippen LogP contribution in [0.15, 0.2) is 24.4 Å². The lowest BCUT2D eigenvalue weighted by molar-refractivity contribution is 0.157. The maximum absolute atomic E-state index is 12.1. The van der Waals surface area contributed by atoms with E-state index in [1.54, 1.807) is 23.2 Å². The lowest BCUT2D eigenvalue weighted by Crippen LogP contribution is -2.33. The Morgan fingerprint density at radius 3 is 2.80 bits per heavy atom. The number of carbonyl (C=O) groups excluding carboxylic acids is 1. The predicted octanol–water partition coefficient (Wildman–Crippen LogP) is 4.33. The highest BCUT2D eigenvalue weighted by Crippen LogP contribution is 2.34. The highest BCUT2D eigenvalue weighted by molar-refractivity contribution is 14.1. The predicted molar refractivity (Wildman–Crippen MR) is 88.4 cm³/mol. The summed E-state index contributed by atoms with van der Waals surface area (Å²) in [5, 5.41) is 1.37. The van der Waals surface area contributed by atoms with Gasteiger partial charge in [0, 0.05) is 24.7 Å². The highest BCUT2D eigenvalue weighted by atomic mass is 127. The van der Waals surface area contributed by atoms with Crippen molar-refractivity contribution in [3.8, 4) is 5.75 Å². The Morgan fingerprint density at radius 1 is 1.45 bits per heavy atom. The summed E-state index contributed by atoms with van der Waals surface area (Å²) in [5.41, 5.74) is 0.602.